The van der Waals surface area contributed by atoms with Crippen molar-refractivity contribution in [2.45, 2.75) is 6.92 Å². The van der Waals surface area contributed by atoms with Gasteiger partial charge < -0.3 is 5.73 Å². The molecule has 0 radical (unpaired) electrons. The minimum atomic E-state index is 0.634. The van der Waals surface area contributed by atoms with Crippen molar-refractivity contribution in [3.05, 3.63) is 46.6 Å². The fraction of sp³-hybridized carbons (Fsp3) is 0.0769. The Hall–Kier alpha value is -1.88. The van der Waals surface area contributed by atoms with Gasteiger partial charge in [0.25, 0.3) is 0 Å². The number of hydrogen-bond donors (Lipinski definition) is 1. The van der Waals surface area contributed by atoms with Crippen LogP contribution in [0.25, 0.3) is 17.0 Å². The van der Waals surface area contributed by atoms with E-state index in [1.54, 1.807) is 4.52 Å². The molecule has 2 heterocycles. The highest BCUT2D eigenvalue weighted by molar-refractivity contribution is 9.10. The third-order valence-electron chi connectivity index (χ3n) is 2.79. The quantitative estimate of drug-likeness (QED) is 0.751. The first kappa shape index (κ1) is 11.2. The fourth-order valence-corrected chi connectivity index (χ4v) is 2.25. The summed E-state index contributed by atoms with van der Waals surface area (Å²) < 4.78 is 2.77. The van der Waals surface area contributed by atoms with Gasteiger partial charge in [0, 0.05) is 15.7 Å². The lowest BCUT2D eigenvalue weighted by atomic mass is 10.2. The Morgan fingerprint density at radius 2 is 2.06 bits per heavy atom. The second kappa shape index (κ2) is 4.10. The molecule has 18 heavy (non-hydrogen) atoms. The molecule has 1 aromatic carbocycles. The predicted octanol–water partition coefficient (Wildman–Crippen LogP) is 3.05. The van der Waals surface area contributed by atoms with Gasteiger partial charge in [0.2, 0.25) is 0 Å². The SMILES string of the molecule is Cc1ccc(N)c2nc(-c3cccc(Br)c3)nn12. The molecule has 0 aliphatic rings. The lowest BCUT2D eigenvalue weighted by Gasteiger charge is -1.98. The van der Waals surface area contributed by atoms with Crippen LogP contribution >= 0.6 is 15.9 Å². The van der Waals surface area contributed by atoms with Crippen LogP contribution in [0.1, 0.15) is 5.69 Å². The largest absolute Gasteiger partial charge is 0.396 e. The summed E-state index contributed by atoms with van der Waals surface area (Å²) >= 11 is 3.45. The van der Waals surface area contributed by atoms with Crippen LogP contribution in [0.15, 0.2) is 40.9 Å². The number of pyridine rings is 1. The molecule has 3 aromatic rings. The molecule has 4 nitrogen and oxygen atoms in total. The van der Waals surface area contributed by atoms with Crippen LogP contribution in [0.5, 0.6) is 0 Å². The van der Waals surface area contributed by atoms with E-state index in [1.807, 2.05) is 43.3 Å². The first-order valence-corrected chi connectivity index (χ1v) is 6.32. The number of benzene rings is 1. The average Bonchev–Trinajstić information content (AvgIpc) is 2.80. The standard InChI is InChI=1S/C13H11BrN4/c1-8-5-6-11(15)13-16-12(17-18(8)13)9-3-2-4-10(14)7-9/h2-7H,15H2,1H3. The predicted molar refractivity (Wildman–Crippen MR) is 75.3 cm³/mol. The maximum atomic E-state index is 5.91. The summed E-state index contributed by atoms with van der Waals surface area (Å²) in [5.41, 5.74) is 9.22. The van der Waals surface area contributed by atoms with Gasteiger partial charge >= 0.3 is 0 Å². The summed E-state index contributed by atoms with van der Waals surface area (Å²) in [6, 6.07) is 11.7. The van der Waals surface area contributed by atoms with Gasteiger partial charge in [0.15, 0.2) is 11.5 Å². The van der Waals surface area contributed by atoms with Gasteiger partial charge in [-0.25, -0.2) is 9.50 Å². The zero-order chi connectivity index (χ0) is 12.7. The van der Waals surface area contributed by atoms with Gasteiger partial charge in [-0.2, -0.15) is 0 Å². The highest BCUT2D eigenvalue weighted by atomic mass is 79.9. The third kappa shape index (κ3) is 1.76. The number of anilines is 1. The van der Waals surface area contributed by atoms with Crippen molar-refractivity contribution in [3.63, 3.8) is 0 Å². The number of nitrogens with zero attached hydrogens (tertiary/aromatic N) is 3. The summed E-state index contributed by atoms with van der Waals surface area (Å²) in [7, 11) is 0. The highest BCUT2D eigenvalue weighted by Gasteiger charge is 2.10. The van der Waals surface area contributed by atoms with Crippen LogP contribution < -0.4 is 5.73 Å². The molecule has 0 saturated heterocycles. The van der Waals surface area contributed by atoms with E-state index in [4.69, 9.17) is 5.73 Å². The van der Waals surface area contributed by atoms with Crippen molar-refractivity contribution in [1.82, 2.24) is 14.6 Å². The zero-order valence-electron chi connectivity index (χ0n) is 9.76. The summed E-state index contributed by atoms with van der Waals surface area (Å²) in [6.07, 6.45) is 0. The van der Waals surface area contributed by atoms with E-state index >= 15 is 0 Å². The normalized spacial score (nSPS) is 11.0. The molecule has 2 aromatic heterocycles. The molecule has 90 valence electrons. The second-order valence-electron chi connectivity index (χ2n) is 4.11. The van der Waals surface area contributed by atoms with Crippen molar-refractivity contribution in [1.29, 1.82) is 0 Å². The molecule has 0 fully saturated rings. The first-order chi connectivity index (χ1) is 8.65. The summed E-state index contributed by atoms with van der Waals surface area (Å²) in [4.78, 5) is 4.49. The topological polar surface area (TPSA) is 56.2 Å². The molecule has 0 aliphatic carbocycles. The van der Waals surface area contributed by atoms with Crippen LogP contribution in [0.2, 0.25) is 0 Å². The van der Waals surface area contributed by atoms with E-state index in [-0.39, 0.29) is 0 Å². The van der Waals surface area contributed by atoms with E-state index in [1.165, 1.54) is 0 Å². The van der Waals surface area contributed by atoms with Gasteiger partial charge in [-0.15, -0.1) is 5.10 Å². The van der Waals surface area contributed by atoms with Gasteiger partial charge in [-0.05, 0) is 31.2 Å². The maximum Gasteiger partial charge on any atom is 0.182 e. The Labute approximate surface area is 113 Å². The molecule has 2 N–H and O–H groups in total. The zero-order valence-corrected chi connectivity index (χ0v) is 11.3. The van der Waals surface area contributed by atoms with Crippen LogP contribution in [0, 0.1) is 6.92 Å². The molecule has 0 unspecified atom stereocenters. The van der Waals surface area contributed by atoms with E-state index in [9.17, 15) is 0 Å². The molecule has 0 spiro atoms. The number of fused-ring (bicyclic) bond motifs is 1. The molecule has 0 saturated carbocycles. The number of nitrogens with two attached hydrogens (primary N) is 1. The van der Waals surface area contributed by atoms with Crippen LogP contribution in [0.3, 0.4) is 0 Å². The van der Waals surface area contributed by atoms with Crippen molar-refractivity contribution < 1.29 is 0 Å². The van der Waals surface area contributed by atoms with Gasteiger partial charge in [0.1, 0.15) is 0 Å². The van der Waals surface area contributed by atoms with Crippen LogP contribution in [-0.2, 0) is 0 Å². The Balaban J connectivity index is 2.26. The Morgan fingerprint density at radius 1 is 1.22 bits per heavy atom. The van der Waals surface area contributed by atoms with Crippen LogP contribution in [-0.4, -0.2) is 14.6 Å². The van der Waals surface area contributed by atoms with Crippen molar-refractivity contribution in [2.75, 3.05) is 5.73 Å². The molecule has 0 aliphatic heterocycles. The first-order valence-electron chi connectivity index (χ1n) is 5.53. The Bertz CT molecular complexity index is 694. The number of halogens is 1. The van der Waals surface area contributed by atoms with E-state index in [0.29, 0.717) is 17.2 Å². The summed E-state index contributed by atoms with van der Waals surface area (Å²) in [5, 5.41) is 4.49. The minimum absolute atomic E-state index is 0.634. The second-order valence-corrected chi connectivity index (χ2v) is 5.03. The van der Waals surface area contributed by atoms with Gasteiger partial charge in [0.05, 0.1) is 5.69 Å². The molecule has 0 amide bonds. The van der Waals surface area contributed by atoms with Gasteiger partial charge in [-0.1, -0.05) is 28.1 Å². The Kier molecular flexibility index (Phi) is 2.56. The molecular weight excluding hydrogens is 292 g/mol. The van der Waals surface area contributed by atoms with Crippen molar-refractivity contribution in [3.8, 4) is 11.4 Å². The minimum Gasteiger partial charge on any atom is -0.396 e. The summed E-state index contributed by atoms with van der Waals surface area (Å²) in [5.74, 6) is 0.678. The highest BCUT2D eigenvalue weighted by Crippen LogP contribution is 2.22. The van der Waals surface area contributed by atoms with Gasteiger partial charge in [-0.3, -0.25) is 0 Å². The average molecular weight is 303 g/mol. The molecular formula is C13H11BrN4. The lowest BCUT2D eigenvalue weighted by molar-refractivity contribution is 0.920. The molecule has 0 atom stereocenters. The fourth-order valence-electron chi connectivity index (χ4n) is 1.85. The number of aryl methyl sites for hydroxylation is 1. The summed E-state index contributed by atoms with van der Waals surface area (Å²) in [6.45, 7) is 1.98. The molecule has 3 rings (SSSR count). The number of rotatable bonds is 1. The maximum absolute atomic E-state index is 5.91. The number of nitrogen functional groups attached to an aromatic ring is 1. The number of aromatic nitrogens is 3. The van der Waals surface area contributed by atoms with E-state index < -0.39 is 0 Å². The van der Waals surface area contributed by atoms with Crippen molar-refractivity contribution in [2.24, 2.45) is 0 Å². The van der Waals surface area contributed by atoms with Crippen LogP contribution in [0.4, 0.5) is 5.69 Å². The van der Waals surface area contributed by atoms with E-state index in [0.717, 1.165) is 15.7 Å². The molecule has 0 bridgehead atoms. The third-order valence-corrected chi connectivity index (χ3v) is 3.28. The number of hydrogen-bond acceptors (Lipinski definition) is 3. The molecule has 5 heteroatoms. The van der Waals surface area contributed by atoms with Crippen molar-refractivity contribution >= 4 is 27.3 Å². The Morgan fingerprint density at radius 3 is 2.78 bits per heavy atom. The lowest BCUT2D eigenvalue weighted by Crippen LogP contribution is -1.97. The van der Waals surface area contributed by atoms with E-state index in [2.05, 4.69) is 26.0 Å². The smallest absolute Gasteiger partial charge is 0.182 e. The monoisotopic (exact) mass is 302 g/mol.